The Hall–Kier alpha value is -1.36. The number of hydrogen-bond donors (Lipinski definition) is 2. The van der Waals surface area contributed by atoms with Crippen LogP contribution < -0.4 is 11.1 Å². The van der Waals surface area contributed by atoms with Gasteiger partial charge in [0.25, 0.3) is 0 Å². The van der Waals surface area contributed by atoms with Gasteiger partial charge in [0.1, 0.15) is 5.84 Å². The lowest BCUT2D eigenvalue weighted by Crippen LogP contribution is -2.36. The van der Waals surface area contributed by atoms with Crippen LogP contribution in [0.2, 0.25) is 0 Å². The Morgan fingerprint density at radius 2 is 2.06 bits per heavy atom. The standard InChI is InChI=1S/C12H19BrN4/c1-4-9-16-12(14)17-11(15-3)8-6-5-7-10(2)13/h5-8H,2,4,9H2,1,3H3,(H3,14,15,16,17). The molecule has 4 nitrogen and oxygen atoms in total. The Labute approximate surface area is 111 Å². The van der Waals surface area contributed by atoms with Gasteiger partial charge in [-0.25, -0.2) is 0 Å². The van der Waals surface area contributed by atoms with Crippen LogP contribution in [0.5, 0.6) is 0 Å². The van der Waals surface area contributed by atoms with E-state index < -0.39 is 0 Å². The van der Waals surface area contributed by atoms with Crippen molar-refractivity contribution in [1.29, 1.82) is 0 Å². The molecule has 0 heterocycles. The Morgan fingerprint density at radius 3 is 2.59 bits per heavy atom. The first-order valence-electron chi connectivity index (χ1n) is 5.33. The lowest BCUT2D eigenvalue weighted by molar-refractivity contribution is 0.922. The Balaban J connectivity index is 4.32. The zero-order chi connectivity index (χ0) is 13.1. The summed E-state index contributed by atoms with van der Waals surface area (Å²) in [6.07, 6.45) is 8.30. The first-order valence-corrected chi connectivity index (χ1v) is 6.12. The van der Waals surface area contributed by atoms with Crippen LogP contribution in [0.25, 0.3) is 0 Å². The second-order valence-electron chi connectivity index (χ2n) is 3.17. The van der Waals surface area contributed by atoms with E-state index in [-0.39, 0.29) is 0 Å². The second-order valence-corrected chi connectivity index (χ2v) is 4.18. The highest BCUT2D eigenvalue weighted by molar-refractivity contribution is 9.11. The highest BCUT2D eigenvalue weighted by Gasteiger charge is 1.93. The number of aliphatic imine (C=N–C) groups is 2. The SMILES string of the molecule is C=C(Br)C=CC=CC(=NC)NC(N)=NCCC. The maximum absolute atomic E-state index is 5.67. The van der Waals surface area contributed by atoms with Crippen LogP contribution in [0.4, 0.5) is 0 Å². The molecule has 0 bridgehead atoms. The number of nitrogens with zero attached hydrogens (tertiary/aromatic N) is 2. The summed E-state index contributed by atoms with van der Waals surface area (Å²) in [5, 5.41) is 2.91. The molecule has 0 aromatic carbocycles. The van der Waals surface area contributed by atoms with Crippen molar-refractivity contribution in [2.24, 2.45) is 15.7 Å². The number of allylic oxidation sites excluding steroid dienone is 4. The normalized spacial score (nSPS) is 13.6. The van der Waals surface area contributed by atoms with Crippen molar-refractivity contribution in [3.05, 3.63) is 35.4 Å². The topological polar surface area (TPSA) is 62.8 Å². The lowest BCUT2D eigenvalue weighted by Gasteiger charge is -2.03. The molecule has 0 rings (SSSR count). The van der Waals surface area contributed by atoms with Gasteiger partial charge in [0.05, 0.1) is 0 Å². The number of halogens is 1. The van der Waals surface area contributed by atoms with Crippen molar-refractivity contribution in [3.8, 4) is 0 Å². The summed E-state index contributed by atoms with van der Waals surface area (Å²) in [5.74, 6) is 1.04. The van der Waals surface area contributed by atoms with Crippen molar-refractivity contribution in [1.82, 2.24) is 5.32 Å². The highest BCUT2D eigenvalue weighted by Crippen LogP contribution is 2.01. The molecule has 94 valence electrons. The summed E-state index contributed by atoms with van der Waals surface area (Å²) in [6.45, 7) is 6.44. The molecule has 0 radical (unpaired) electrons. The fourth-order valence-electron chi connectivity index (χ4n) is 0.882. The molecule has 0 aromatic heterocycles. The molecule has 3 N–H and O–H groups in total. The number of guanidine groups is 1. The molecule has 5 heteroatoms. The molecule has 0 amide bonds. The van der Waals surface area contributed by atoms with Crippen LogP contribution in [-0.2, 0) is 0 Å². The van der Waals surface area contributed by atoms with Gasteiger partial charge in [-0.2, -0.15) is 0 Å². The van der Waals surface area contributed by atoms with E-state index in [9.17, 15) is 0 Å². The van der Waals surface area contributed by atoms with E-state index in [0.29, 0.717) is 18.3 Å². The van der Waals surface area contributed by atoms with Crippen LogP contribution in [0, 0.1) is 0 Å². The maximum Gasteiger partial charge on any atom is 0.194 e. The van der Waals surface area contributed by atoms with Gasteiger partial charge in [0.2, 0.25) is 0 Å². The third-order valence-electron chi connectivity index (χ3n) is 1.65. The summed E-state index contributed by atoms with van der Waals surface area (Å²) in [4.78, 5) is 8.16. The van der Waals surface area contributed by atoms with Crippen LogP contribution in [0.1, 0.15) is 13.3 Å². The fourth-order valence-corrected chi connectivity index (χ4v) is 1.03. The first-order chi connectivity index (χ1) is 8.10. The largest absolute Gasteiger partial charge is 0.370 e. The predicted molar refractivity (Wildman–Crippen MR) is 79.6 cm³/mol. The van der Waals surface area contributed by atoms with Gasteiger partial charge >= 0.3 is 0 Å². The number of nitrogens with one attached hydrogen (secondary N) is 1. The van der Waals surface area contributed by atoms with Gasteiger partial charge in [0.15, 0.2) is 5.96 Å². The molecule has 0 atom stereocenters. The summed E-state index contributed by atoms with van der Waals surface area (Å²) in [5.41, 5.74) is 5.67. The molecule has 0 aromatic rings. The average Bonchev–Trinajstić information content (AvgIpc) is 2.30. The van der Waals surface area contributed by atoms with Gasteiger partial charge in [-0.15, -0.1) is 0 Å². The van der Waals surface area contributed by atoms with Crippen molar-refractivity contribution in [3.63, 3.8) is 0 Å². The van der Waals surface area contributed by atoms with Crippen LogP contribution >= 0.6 is 15.9 Å². The molecule has 0 unspecified atom stereocenters. The molecule has 0 saturated carbocycles. The van der Waals surface area contributed by atoms with E-state index >= 15 is 0 Å². The minimum atomic E-state index is 0.381. The van der Waals surface area contributed by atoms with Gasteiger partial charge in [0, 0.05) is 18.1 Å². The smallest absolute Gasteiger partial charge is 0.194 e. The molecule has 0 spiro atoms. The van der Waals surface area contributed by atoms with E-state index in [4.69, 9.17) is 5.73 Å². The van der Waals surface area contributed by atoms with Crippen LogP contribution in [-0.4, -0.2) is 25.4 Å². The average molecular weight is 299 g/mol. The minimum Gasteiger partial charge on any atom is -0.370 e. The molecule has 0 aliphatic rings. The predicted octanol–water partition coefficient (Wildman–Crippen LogP) is 2.35. The summed E-state index contributed by atoms with van der Waals surface area (Å²) in [7, 11) is 1.69. The van der Waals surface area contributed by atoms with Gasteiger partial charge in [-0.05, 0) is 18.6 Å². The minimum absolute atomic E-state index is 0.381. The van der Waals surface area contributed by atoms with E-state index in [1.54, 1.807) is 13.1 Å². The van der Waals surface area contributed by atoms with Crippen molar-refractivity contribution < 1.29 is 0 Å². The zero-order valence-corrected chi connectivity index (χ0v) is 11.9. The molecule has 17 heavy (non-hydrogen) atoms. The van der Waals surface area contributed by atoms with E-state index in [1.807, 2.05) is 25.2 Å². The lowest BCUT2D eigenvalue weighted by atomic mass is 10.4. The molecule has 0 saturated heterocycles. The molecule has 0 fully saturated rings. The van der Waals surface area contributed by atoms with E-state index in [1.165, 1.54) is 0 Å². The van der Waals surface area contributed by atoms with E-state index in [2.05, 4.69) is 37.8 Å². The van der Waals surface area contributed by atoms with Crippen LogP contribution in [0.15, 0.2) is 45.4 Å². The van der Waals surface area contributed by atoms with Crippen LogP contribution in [0.3, 0.4) is 0 Å². The number of rotatable bonds is 5. The van der Waals surface area contributed by atoms with Crippen molar-refractivity contribution >= 4 is 27.7 Å². The third-order valence-corrected chi connectivity index (χ3v) is 1.91. The number of nitrogens with two attached hydrogens (primary N) is 1. The zero-order valence-electron chi connectivity index (χ0n) is 10.3. The van der Waals surface area contributed by atoms with E-state index in [0.717, 1.165) is 10.9 Å². The molecule has 0 aliphatic heterocycles. The van der Waals surface area contributed by atoms with Gasteiger partial charge < -0.3 is 11.1 Å². The molecular weight excluding hydrogens is 280 g/mol. The molecule has 0 aliphatic carbocycles. The maximum atomic E-state index is 5.67. The van der Waals surface area contributed by atoms with Crippen molar-refractivity contribution in [2.75, 3.05) is 13.6 Å². The Morgan fingerprint density at radius 1 is 1.41 bits per heavy atom. The van der Waals surface area contributed by atoms with Crippen molar-refractivity contribution in [2.45, 2.75) is 13.3 Å². The quantitative estimate of drug-likeness (QED) is 0.465. The fraction of sp³-hybridized carbons (Fsp3) is 0.333. The Kier molecular flexibility index (Phi) is 9.05. The number of hydrogen-bond acceptors (Lipinski definition) is 2. The first kappa shape index (κ1) is 15.6. The van der Waals surface area contributed by atoms with Gasteiger partial charge in [-0.3, -0.25) is 9.98 Å². The highest BCUT2D eigenvalue weighted by atomic mass is 79.9. The monoisotopic (exact) mass is 298 g/mol. The third kappa shape index (κ3) is 9.56. The van der Waals surface area contributed by atoms with Gasteiger partial charge in [-0.1, -0.05) is 41.6 Å². The second kappa shape index (κ2) is 9.84. The number of amidine groups is 1. The summed E-state index contributed by atoms with van der Waals surface area (Å²) < 4.78 is 0.814. The summed E-state index contributed by atoms with van der Waals surface area (Å²) >= 11 is 3.23. The Bertz CT molecular complexity index is 354. The summed E-state index contributed by atoms with van der Waals surface area (Å²) in [6, 6.07) is 0. The molecular formula is C12H19BrN4.